The lowest BCUT2D eigenvalue weighted by Gasteiger charge is -2.06. The van der Waals surface area contributed by atoms with Gasteiger partial charge in [-0.3, -0.25) is 0 Å². The molecule has 3 nitrogen and oxygen atoms in total. The standard InChI is InChI=1S/C5H9NO2S2/c1-2-3-4-8-5(7)6(9)10/h2,9-10H,1,3-4H2. The summed E-state index contributed by atoms with van der Waals surface area (Å²) in [5.41, 5.74) is 0. The van der Waals surface area contributed by atoms with E-state index in [9.17, 15) is 4.79 Å². The Morgan fingerprint density at radius 1 is 1.70 bits per heavy atom. The molecule has 0 atom stereocenters. The fourth-order valence-electron chi connectivity index (χ4n) is 0.287. The summed E-state index contributed by atoms with van der Waals surface area (Å²) in [5, 5.41) is 0. The van der Waals surface area contributed by atoms with Crippen molar-refractivity contribution in [1.82, 2.24) is 3.71 Å². The van der Waals surface area contributed by atoms with Crippen LogP contribution in [0, 0.1) is 0 Å². The summed E-state index contributed by atoms with van der Waals surface area (Å²) in [6, 6.07) is 0. The average molecular weight is 179 g/mol. The average Bonchev–Trinajstić information content (AvgIpc) is 1.88. The third-order valence-electron chi connectivity index (χ3n) is 0.711. The smallest absolute Gasteiger partial charge is 0.429 e. The van der Waals surface area contributed by atoms with Gasteiger partial charge in [-0.15, -0.1) is 6.58 Å². The molecule has 0 spiro atoms. The van der Waals surface area contributed by atoms with Crippen LogP contribution in [0.3, 0.4) is 0 Å². The van der Waals surface area contributed by atoms with E-state index < -0.39 is 6.09 Å². The minimum Gasteiger partial charge on any atom is -0.448 e. The molecule has 0 saturated carbocycles. The van der Waals surface area contributed by atoms with Gasteiger partial charge < -0.3 is 4.74 Å². The molecular formula is C5H9NO2S2. The van der Waals surface area contributed by atoms with E-state index in [0.29, 0.717) is 13.0 Å². The summed E-state index contributed by atoms with van der Waals surface area (Å²) in [4.78, 5) is 10.5. The van der Waals surface area contributed by atoms with Crippen molar-refractivity contribution in [1.29, 1.82) is 0 Å². The highest BCUT2D eigenvalue weighted by atomic mass is 32.2. The van der Waals surface area contributed by atoms with Gasteiger partial charge in [-0.2, -0.15) is 3.71 Å². The van der Waals surface area contributed by atoms with Crippen LogP contribution in [0.2, 0.25) is 0 Å². The predicted octanol–water partition coefficient (Wildman–Crippen LogP) is 1.69. The lowest BCUT2D eigenvalue weighted by atomic mass is 10.5. The Morgan fingerprint density at radius 2 is 2.30 bits per heavy atom. The molecule has 58 valence electrons. The number of carbonyl (C=O) groups excluding carboxylic acids is 1. The summed E-state index contributed by atoms with van der Waals surface area (Å²) < 4.78 is 5.39. The van der Waals surface area contributed by atoms with Crippen LogP contribution in [-0.2, 0) is 4.74 Å². The molecule has 0 radical (unpaired) electrons. The zero-order valence-electron chi connectivity index (χ0n) is 5.36. The predicted molar refractivity (Wildman–Crippen MR) is 46.0 cm³/mol. The van der Waals surface area contributed by atoms with Gasteiger partial charge in [-0.05, 0) is 32.1 Å². The van der Waals surface area contributed by atoms with Crippen molar-refractivity contribution in [2.75, 3.05) is 6.61 Å². The van der Waals surface area contributed by atoms with E-state index in [1.165, 1.54) is 0 Å². The van der Waals surface area contributed by atoms with E-state index in [1.54, 1.807) is 6.08 Å². The molecule has 0 unspecified atom stereocenters. The number of nitrogens with zero attached hydrogens (tertiary/aromatic N) is 1. The Labute approximate surface area is 71.1 Å². The molecule has 5 heteroatoms. The van der Waals surface area contributed by atoms with Gasteiger partial charge in [-0.25, -0.2) is 4.79 Å². The number of rotatable bonds is 3. The minimum atomic E-state index is -0.575. The Hall–Kier alpha value is -0.290. The van der Waals surface area contributed by atoms with Crippen molar-refractivity contribution in [2.24, 2.45) is 0 Å². The molecule has 0 aromatic heterocycles. The van der Waals surface area contributed by atoms with Gasteiger partial charge >= 0.3 is 6.09 Å². The molecule has 0 aliphatic carbocycles. The number of hydrogen-bond donors (Lipinski definition) is 2. The molecule has 0 N–H and O–H groups in total. The first-order valence-corrected chi connectivity index (χ1v) is 3.44. The van der Waals surface area contributed by atoms with Gasteiger partial charge in [0.2, 0.25) is 0 Å². The molecule has 0 aliphatic heterocycles. The molecule has 0 aromatic rings. The Balaban J connectivity index is 3.30. The minimum absolute atomic E-state index is 0.319. The van der Waals surface area contributed by atoms with Crippen LogP contribution >= 0.6 is 25.6 Å². The van der Waals surface area contributed by atoms with Gasteiger partial charge in [0.1, 0.15) is 0 Å². The molecular weight excluding hydrogens is 170 g/mol. The highest BCUT2D eigenvalue weighted by Gasteiger charge is 2.04. The monoisotopic (exact) mass is 179 g/mol. The third kappa shape index (κ3) is 4.58. The molecule has 10 heavy (non-hydrogen) atoms. The van der Waals surface area contributed by atoms with Crippen molar-refractivity contribution in [3.8, 4) is 0 Å². The summed E-state index contributed by atoms with van der Waals surface area (Å²) in [6.07, 6.45) is 1.73. The first-order valence-electron chi connectivity index (χ1n) is 2.64. The molecule has 0 rings (SSSR count). The van der Waals surface area contributed by atoms with Gasteiger partial charge in [0.05, 0.1) is 6.61 Å². The van der Waals surface area contributed by atoms with Crippen molar-refractivity contribution in [2.45, 2.75) is 6.42 Å². The van der Waals surface area contributed by atoms with Crippen LogP contribution < -0.4 is 0 Å². The molecule has 1 amide bonds. The van der Waals surface area contributed by atoms with Crippen molar-refractivity contribution >= 4 is 31.7 Å². The molecule has 0 fully saturated rings. The largest absolute Gasteiger partial charge is 0.448 e. The van der Waals surface area contributed by atoms with E-state index in [0.717, 1.165) is 3.71 Å². The number of hydrogen-bond acceptors (Lipinski definition) is 4. The molecule has 0 heterocycles. The quantitative estimate of drug-likeness (QED) is 0.392. The second kappa shape index (κ2) is 5.49. The summed E-state index contributed by atoms with van der Waals surface area (Å²) in [7, 11) is 0. The second-order valence-corrected chi connectivity index (χ2v) is 2.60. The maximum absolute atomic E-state index is 10.5. The summed E-state index contributed by atoms with van der Waals surface area (Å²) in [5.74, 6) is 0. The summed E-state index contributed by atoms with van der Waals surface area (Å²) in [6.45, 7) is 3.78. The van der Waals surface area contributed by atoms with Gasteiger partial charge in [0.15, 0.2) is 0 Å². The van der Waals surface area contributed by atoms with Crippen LogP contribution in [0.1, 0.15) is 6.42 Å². The highest BCUT2D eigenvalue weighted by Crippen LogP contribution is 2.00. The van der Waals surface area contributed by atoms with Gasteiger partial charge in [0.25, 0.3) is 0 Å². The maximum atomic E-state index is 10.5. The van der Waals surface area contributed by atoms with Crippen molar-refractivity contribution < 1.29 is 9.53 Å². The lowest BCUT2D eigenvalue weighted by Crippen LogP contribution is -2.13. The number of amides is 1. The molecule has 0 saturated heterocycles. The molecule has 0 aliphatic rings. The van der Waals surface area contributed by atoms with E-state index in [2.05, 4.69) is 36.9 Å². The zero-order valence-corrected chi connectivity index (χ0v) is 7.15. The zero-order chi connectivity index (χ0) is 7.98. The normalized spacial score (nSPS) is 8.60. The van der Waals surface area contributed by atoms with Crippen LogP contribution in [-0.4, -0.2) is 16.4 Å². The number of carbonyl (C=O) groups is 1. The highest BCUT2D eigenvalue weighted by molar-refractivity contribution is 7.94. The lowest BCUT2D eigenvalue weighted by molar-refractivity contribution is 0.144. The molecule has 0 aromatic carbocycles. The molecule has 0 bridgehead atoms. The van der Waals surface area contributed by atoms with Crippen molar-refractivity contribution in [3.63, 3.8) is 0 Å². The number of thiol groups is 2. The fraction of sp³-hybridized carbons (Fsp3) is 0.400. The second-order valence-electron chi connectivity index (χ2n) is 1.48. The first kappa shape index (κ1) is 9.71. The SMILES string of the molecule is C=CCCOC(=O)N(S)S. The van der Waals surface area contributed by atoms with Crippen LogP contribution in [0.5, 0.6) is 0 Å². The van der Waals surface area contributed by atoms with Crippen LogP contribution in [0.4, 0.5) is 4.79 Å². The van der Waals surface area contributed by atoms with Crippen LogP contribution in [0.15, 0.2) is 12.7 Å². The van der Waals surface area contributed by atoms with Crippen LogP contribution in [0.25, 0.3) is 0 Å². The Bertz CT molecular complexity index is 127. The van der Waals surface area contributed by atoms with E-state index in [1.807, 2.05) is 0 Å². The topological polar surface area (TPSA) is 29.5 Å². The van der Waals surface area contributed by atoms with Gasteiger partial charge in [-0.1, -0.05) is 6.08 Å². The van der Waals surface area contributed by atoms with E-state index in [-0.39, 0.29) is 0 Å². The fourth-order valence-corrected chi connectivity index (χ4v) is 0.403. The maximum Gasteiger partial charge on any atom is 0.429 e. The first-order chi connectivity index (χ1) is 4.68. The Kier molecular flexibility index (Phi) is 5.33. The van der Waals surface area contributed by atoms with Crippen molar-refractivity contribution in [3.05, 3.63) is 12.7 Å². The Morgan fingerprint density at radius 3 is 2.70 bits per heavy atom. The third-order valence-corrected chi connectivity index (χ3v) is 1.04. The number of ether oxygens (including phenoxy) is 1. The van der Waals surface area contributed by atoms with E-state index in [4.69, 9.17) is 0 Å². The summed E-state index contributed by atoms with van der Waals surface area (Å²) >= 11 is 7.18. The van der Waals surface area contributed by atoms with E-state index >= 15 is 0 Å². The van der Waals surface area contributed by atoms with Gasteiger partial charge in [0, 0.05) is 0 Å².